The molecule has 2 heterocycles. The van der Waals surface area contributed by atoms with Gasteiger partial charge in [-0.25, -0.2) is 0 Å². The maximum atomic E-state index is 6.26. The molecule has 0 aliphatic heterocycles. The second-order valence-electron chi connectivity index (χ2n) is 16.9. The van der Waals surface area contributed by atoms with Crippen LogP contribution >= 0.6 is 0 Å². The molecule has 0 unspecified atom stereocenters. The molecule has 11 aromatic carbocycles. The smallest absolute Gasteiger partial charge is 0.136 e. The predicted molar refractivity (Wildman–Crippen MR) is 274 cm³/mol. The van der Waals surface area contributed by atoms with Crippen LogP contribution in [0, 0.1) is 0 Å². The number of anilines is 3. The van der Waals surface area contributed by atoms with Crippen LogP contribution in [-0.4, -0.2) is 4.57 Å². The summed E-state index contributed by atoms with van der Waals surface area (Å²) in [4.78, 5) is 2.37. The van der Waals surface area contributed by atoms with Crippen molar-refractivity contribution in [1.29, 1.82) is 0 Å². The Morgan fingerprint density at radius 1 is 0.277 bits per heavy atom. The molecule has 0 saturated carbocycles. The van der Waals surface area contributed by atoms with Crippen molar-refractivity contribution in [1.82, 2.24) is 4.57 Å². The van der Waals surface area contributed by atoms with Crippen LogP contribution < -0.4 is 4.90 Å². The van der Waals surface area contributed by atoms with E-state index in [1.807, 2.05) is 12.1 Å². The Bertz CT molecular complexity index is 3900. The van der Waals surface area contributed by atoms with Gasteiger partial charge in [-0.15, -0.1) is 0 Å². The summed E-state index contributed by atoms with van der Waals surface area (Å²) in [6.45, 7) is 0. The lowest BCUT2D eigenvalue weighted by Gasteiger charge is -2.26. The molecule has 0 radical (unpaired) electrons. The third-order valence-corrected chi connectivity index (χ3v) is 13.2. The lowest BCUT2D eigenvalue weighted by atomic mass is 9.98. The first-order chi connectivity index (χ1) is 32.2. The van der Waals surface area contributed by atoms with Gasteiger partial charge in [0.25, 0.3) is 0 Å². The number of fused-ring (bicyclic) bond motifs is 9. The number of rotatable bonds is 7. The van der Waals surface area contributed by atoms with Crippen molar-refractivity contribution < 1.29 is 4.42 Å². The predicted octanol–water partition coefficient (Wildman–Crippen LogP) is 17.5. The lowest BCUT2D eigenvalue weighted by molar-refractivity contribution is 0.669. The van der Waals surface area contributed by atoms with Gasteiger partial charge in [-0.3, -0.25) is 0 Å². The number of benzene rings is 11. The van der Waals surface area contributed by atoms with E-state index in [9.17, 15) is 0 Å². The van der Waals surface area contributed by atoms with Gasteiger partial charge in [-0.1, -0.05) is 158 Å². The number of para-hydroxylation sites is 3. The molecule has 0 bridgehead atoms. The molecule has 0 spiro atoms. The molecule has 0 atom stereocenters. The Kier molecular flexibility index (Phi) is 8.53. The maximum absolute atomic E-state index is 6.26. The van der Waals surface area contributed by atoms with E-state index >= 15 is 0 Å². The standard InChI is InChI=1S/C62H40N2O/c1-2-16-53-43(11-1)23-24-44-29-35-52(40-58(44)53)63(50-33-27-42(28-34-50)48-30-36-57-56-19-5-8-22-61(56)65-62(57)39-48)49-31-25-41(26-32-49)45-12-9-13-46(37-45)47-14-10-15-51(38-47)64-59-20-6-3-17-54(59)55-18-4-7-21-60(55)64/h1-40H. The SMILES string of the molecule is c1cc(-c2ccc(N(c3ccc(-c4ccc5c(c4)oc4ccccc45)cc3)c3ccc4ccc5ccccc5c4c3)cc2)cc(-c2cccc(-n3c4ccccc4c4ccccc43)c2)c1. The molecule has 0 saturated heterocycles. The third-order valence-electron chi connectivity index (χ3n) is 13.2. The van der Waals surface area contributed by atoms with Crippen molar-refractivity contribution in [3.05, 3.63) is 243 Å². The lowest BCUT2D eigenvalue weighted by Crippen LogP contribution is -2.09. The maximum Gasteiger partial charge on any atom is 0.136 e. The summed E-state index contributed by atoms with van der Waals surface area (Å²) < 4.78 is 8.65. The van der Waals surface area contributed by atoms with Crippen LogP contribution in [0.25, 0.3) is 104 Å². The molecule has 0 aliphatic rings. The fraction of sp³-hybridized carbons (Fsp3) is 0. The van der Waals surface area contributed by atoms with Crippen LogP contribution in [0.1, 0.15) is 0 Å². The molecule has 304 valence electrons. The zero-order chi connectivity index (χ0) is 42.8. The summed E-state index contributed by atoms with van der Waals surface area (Å²) in [6.07, 6.45) is 0. The summed E-state index contributed by atoms with van der Waals surface area (Å²) in [5, 5.41) is 9.75. The van der Waals surface area contributed by atoms with Gasteiger partial charge < -0.3 is 13.9 Å². The van der Waals surface area contributed by atoms with E-state index in [-0.39, 0.29) is 0 Å². The fourth-order valence-corrected chi connectivity index (χ4v) is 9.99. The van der Waals surface area contributed by atoms with Gasteiger partial charge in [0.05, 0.1) is 11.0 Å². The van der Waals surface area contributed by atoms with Crippen LogP contribution in [0.3, 0.4) is 0 Å². The number of hydrogen-bond donors (Lipinski definition) is 0. The normalized spacial score (nSPS) is 11.7. The Morgan fingerprint density at radius 2 is 0.769 bits per heavy atom. The molecular weight excluding hydrogens is 789 g/mol. The highest BCUT2D eigenvalue weighted by Gasteiger charge is 2.17. The van der Waals surface area contributed by atoms with Crippen molar-refractivity contribution in [3.8, 4) is 39.1 Å². The summed E-state index contributed by atoms with van der Waals surface area (Å²) in [7, 11) is 0. The minimum absolute atomic E-state index is 0.899. The number of furan rings is 1. The largest absolute Gasteiger partial charge is 0.456 e. The van der Waals surface area contributed by atoms with Crippen LogP contribution in [0.2, 0.25) is 0 Å². The molecule has 2 aromatic heterocycles. The van der Waals surface area contributed by atoms with E-state index in [2.05, 4.69) is 240 Å². The number of nitrogens with zero attached hydrogens (tertiary/aromatic N) is 2. The molecule has 3 nitrogen and oxygen atoms in total. The highest BCUT2D eigenvalue weighted by atomic mass is 16.3. The molecule has 0 fully saturated rings. The van der Waals surface area contributed by atoms with E-state index in [0.29, 0.717) is 0 Å². The first-order valence-corrected chi connectivity index (χ1v) is 22.2. The molecule has 0 N–H and O–H groups in total. The summed E-state index contributed by atoms with van der Waals surface area (Å²) >= 11 is 0. The fourth-order valence-electron chi connectivity index (χ4n) is 9.99. The summed E-state index contributed by atoms with van der Waals surface area (Å²) in [6, 6.07) is 87.8. The zero-order valence-electron chi connectivity index (χ0n) is 35.4. The first-order valence-electron chi connectivity index (χ1n) is 22.2. The van der Waals surface area contributed by atoms with E-state index in [1.165, 1.54) is 60.0 Å². The van der Waals surface area contributed by atoms with Crippen LogP contribution in [0.15, 0.2) is 247 Å². The molecule has 13 aromatic rings. The van der Waals surface area contributed by atoms with Crippen molar-refractivity contribution in [2.75, 3.05) is 4.90 Å². The molecule has 3 heteroatoms. The molecule has 13 rings (SSSR count). The zero-order valence-corrected chi connectivity index (χ0v) is 35.4. The Labute approximate surface area is 376 Å². The van der Waals surface area contributed by atoms with Crippen molar-refractivity contribution in [2.24, 2.45) is 0 Å². The molecule has 0 amide bonds. The van der Waals surface area contributed by atoms with Gasteiger partial charge in [0.1, 0.15) is 11.2 Å². The molecule has 65 heavy (non-hydrogen) atoms. The monoisotopic (exact) mass is 828 g/mol. The van der Waals surface area contributed by atoms with Gasteiger partial charge >= 0.3 is 0 Å². The second kappa shape index (κ2) is 15.0. The second-order valence-corrected chi connectivity index (χ2v) is 16.9. The third kappa shape index (κ3) is 6.28. The highest BCUT2D eigenvalue weighted by Crippen LogP contribution is 2.41. The van der Waals surface area contributed by atoms with Crippen LogP contribution in [0.5, 0.6) is 0 Å². The minimum Gasteiger partial charge on any atom is -0.456 e. The number of aromatic nitrogens is 1. The van der Waals surface area contributed by atoms with E-state index in [4.69, 9.17) is 4.42 Å². The minimum atomic E-state index is 0.899. The van der Waals surface area contributed by atoms with E-state index < -0.39 is 0 Å². The molecule has 0 aliphatic carbocycles. The van der Waals surface area contributed by atoms with Gasteiger partial charge in [-0.05, 0) is 140 Å². The average molecular weight is 829 g/mol. The number of hydrogen-bond acceptors (Lipinski definition) is 2. The first kappa shape index (κ1) is 36.9. The van der Waals surface area contributed by atoms with Crippen molar-refractivity contribution >= 4 is 82.4 Å². The van der Waals surface area contributed by atoms with Gasteiger partial charge in [0, 0.05) is 44.3 Å². The van der Waals surface area contributed by atoms with E-state index in [1.54, 1.807) is 0 Å². The van der Waals surface area contributed by atoms with E-state index in [0.717, 1.165) is 61.4 Å². The van der Waals surface area contributed by atoms with Crippen LogP contribution in [-0.2, 0) is 0 Å². The summed E-state index contributed by atoms with van der Waals surface area (Å²) in [5.41, 5.74) is 15.6. The van der Waals surface area contributed by atoms with Crippen molar-refractivity contribution in [3.63, 3.8) is 0 Å². The Hall–Kier alpha value is -8.66. The average Bonchev–Trinajstić information content (AvgIpc) is 3.92. The quantitative estimate of drug-likeness (QED) is 0.149. The Morgan fingerprint density at radius 3 is 1.48 bits per heavy atom. The van der Waals surface area contributed by atoms with Gasteiger partial charge in [0.2, 0.25) is 0 Å². The van der Waals surface area contributed by atoms with Crippen LogP contribution in [0.4, 0.5) is 17.1 Å². The topological polar surface area (TPSA) is 21.3 Å². The van der Waals surface area contributed by atoms with Gasteiger partial charge in [0.15, 0.2) is 0 Å². The Balaban J connectivity index is 0.868. The summed E-state index contributed by atoms with van der Waals surface area (Å²) in [5.74, 6) is 0. The highest BCUT2D eigenvalue weighted by molar-refractivity contribution is 6.10. The molecular formula is C62H40N2O. The van der Waals surface area contributed by atoms with Crippen molar-refractivity contribution in [2.45, 2.75) is 0 Å². The van der Waals surface area contributed by atoms with Gasteiger partial charge in [-0.2, -0.15) is 0 Å².